The SMILES string of the molecule is CC1=CC(C)=C(C)[C]1([Ti+3])C(c1ccccc1)(c1ccccc1)C(C)(C)C.[Cl-].[Cl-].[Cl-]. The molecule has 154 valence electrons. The normalized spacial score (nSPS) is 19.0. The molecule has 0 fully saturated rings. The van der Waals surface area contributed by atoms with E-state index in [1.807, 2.05) is 0 Å². The van der Waals surface area contributed by atoms with Crippen molar-refractivity contribution in [1.29, 1.82) is 0 Å². The Bertz CT molecular complexity index is 824. The second-order valence-electron chi connectivity index (χ2n) is 8.62. The van der Waals surface area contributed by atoms with Gasteiger partial charge in [-0.15, -0.1) is 0 Å². The fourth-order valence-corrected chi connectivity index (χ4v) is 6.57. The minimum Gasteiger partial charge on any atom is -1.00 e. The van der Waals surface area contributed by atoms with Crippen LogP contribution >= 0.6 is 0 Å². The second kappa shape index (κ2) is 10.2. The molecule has 0 radical (unpaired) electrons. The van der Waals surface area contributed by atoms with E-state index >= 15 is 0 Å². The maximum atomic E-state index is 2.45. The fourth-order valence-electron chi connectivity index (χ4n) is 5.11. The molecule has 2 aromatic rings. The van der Waals surface area contributed by atoms with E-state index in [9.17, 15) is 0 Å². The van der Waals surface area contributed by atoms with E-state index in [2.05, 4.69) is 129 Å². The molecule has 0 aliphatic heterocycles. The predicted octanol–water partition coefficient (Wildman–Crippen LogP) is -1.97. The van der Waals surface area contributed by atoms with Crippen LogP contribution in [0.5, 0.6) is 0 Å². The Morgan fingerprint density at radius 1 is 0.690 bits per heavy atom. The Balaban J connectivity index is 0.00000261. The van der Waals surface area contributed by atoms with Gasteiger partial charge < -0.3 is 37.2 Å². The molecule has 0 amide bonds. The van der Waals surface area contributed by atoms with Crippen molar-refractivity contribution in [2.75, 3.05) is 0 Å². The average Bonchev–Trinajstić information content (AvgIpc) is 2.80. The van der Waals surface area contributed by atoms with Gasteiger partial charge in [-0.05, 0) is 0 Å². The molecule has 1 atom stereocenters. The zero-order valence-corrected chi connectivity index (χ0v) is 21.8. The molecule has 4 heteroatoms. The van der Waals surface area contributed by atoms with Crippen molar-refractivity contribution in [3.05, 3.63) is 94.6 Å². The Morgan fingerprint density at radius 2 is 1.07 bits per heavy atom. The van der Waals surface area contributed by atoms with Gasteiger partial charge in [0, 0.05) is 0 Å². The zero-order valence-electron chi connectivity index (χ0n) is 18.0. The molecule has 0 saturated carbocycles. The van der Waals surface area contributed by atoms with Gasteiger partial charge >= 0.3 is 171 Å². The number of hydrogen-bond acceptors (Lipinski definition) is 0. The van der Waals surface area contributed by atoms with Crippen LogP contribution in [-0.4, -0.2) is 0 Å². The van der Waals surface area contributed by atoms with Crippen LogP contribution in [0.4, 0.5) is 0 Å². The number of rotatable bonds is 3. The smallest absolute Gasteiger partial charge is 1.00 e. The van der Waals surface area contributed by atoms with Gasteiger partial charge in [0.25, 0.3) is 0 Å². The maximum absolute atomic E-state index is 2.45. The molecule has 1 aliphatic rings. The molecule has 2 aromatic carbocycles. The first-order valence-electron chi connectivity index (χ1n) is 9.40. The van der Waals surface area contributed by atoms with Gasteiger partial charge in [-0.3, -0.25) is 0 Å². The molecule has 0 heterocycles. The van der Waals surface area contributed by atoms with Gasteiger partial charge in [-0.1, -0.05) is 0 Å². The van der Waals surface area contributed by atoms with Gasteiger partial charge in [0.1, 0.15) is 0 Å². The Labute approximate surface area is 207 Å². The zero-order chi connectivity index (χ0) is 19.2. The van der Waals surface area contributed by atoms with E-state index in [1.54, 1.807) is 0 Å². The van der Waals surface area contributed by atoms with Crippen molar-refractivity contribution in [2.45, 2.75) is 50.7 Å². The Kier molecular flexibility index (Phi) is 10.0. The summed E-state index contributed by atoms with van der Waals surface area (Å²) in [6, 6.07) is 22.2. The van der Waals surface area contributed by atoms with Gasteiger partial charge in [-0.2, -0.15) is 0 Å². The molecule has 3 rings (SSSR count). The first-order valence-corrected chi connectivity index (χ1v) is 10.2. The molecular weight excluding hydrogens is 455 g/mol. The third kappa shape index (κ3) is 4.17. The third-order valence-electron chi connectivity index (χ3n) is 6.28. The van der Waals surface area contributed by atoms with Crippen LogP contribution in [0.2, 0.25) is 3.72 Å². The topological polar surface area (TPSA) is 0 Å². The summed E-state index contributed by atoms with van der Waals surface area (Å²) in [6.45, 7) is 14.1. The van der Waals surface area contributed by atoms with Crippen LogP contribution in [0.15, 0.2) is 83.5 Å². The molecular formula is C25H29Cl3Ti. The Morgan fingerprint density at radius 3 is 1.34 bits per heavy atom. The van der Waals surface area contributed by atoms with Crippen molar-refractivity contribution >= 4 is 0 Å². The maximum Gasteiger partial charge on any atom is -1.00 e. The van der Waals surface area contributed by atoms with Crippen molar-refractivity contribution < 1.29 is 57.7 Å². The summed E-state index contributed by atoms with van der Waals surface area (Å²) >= 11 is 2.45. The fraction of sp³-hybridized carbons (Fsp3) is 0.360. The number of hydrogen-bond donors (Lipinski definition) is 0. The summed E-state index contributed by atoms with van der Waals surface area (Å²) in [6.07, 6.45) is 2.39. The van der Waals surface area contributed by atoms with E-state index in [0.29, 0.717) is 0 Å². The molecule has 0 nitrogen and oxygen atoms in total. The Hall–Kier alpha value is -0.496. The first kappa shape index (κ1) is 28.5. The summed E-state index contributed by atoms with van der Waals surface area (Å²) in [7, 11) is 0. The van der Waals surface area contributed by atoms with Crippen molar-refractivity contribution in [3.8, 4) is 0 Å². The van der Waals surface area contributed by atoms with Crippen LogP contribution in [0.1, 0.15) is 52.7 Å². The molecule has 0 aromatic heterocycles. The molecule has 0 bridgehead atoms. The largest absolute Gasteiger partial charge is 1.00 e. The number of halogens is 3. The minimum atomic E-state index is -0.162. The molecule has 1 unspecified atom stereocenters. The second-order valence-corrected chi connectivity index (χ2v) is 9.79. The standard InChI is InChI=1S/C25H29.3ClH.Ti/c1-18-17-19(2)23(20(18)3)25(24(4,5)6,21-13-9-7-10-14-21)22-15-11-8-12-16-22;;;;/h7-17H,1-6H3;3*1H;/q;;;;+3/p-3. The number of benzene rings is 2. The first-order chi connectivity index (χ1) is 12.2. The summed E-state index contributed by atoms with van der Waals surface area (Å²) in [4.78, 5) is 0. The van der Waals surface area contributed by atoms with E-state index in [1.165, 1.54) is 27.8 Å². The van der Waals surface area contributed by atoms with Gasteiger partial charge in [0.15, 0.2) is 0 Å². The number of allylic oxidation sites excluding steroid dienone is 4. The van der Waals surface area contributed by atoms with E-state index in [0.717, 1.165) is 0 Å². The summed E-state index contributed by atoms with van der Waals surface area (Å²) < 4.78 is -0.0714. The van der Waals surface area contributed by atoms with Crippen molar-refractivity contribution in [3.63, 3.8) is 0 Å². The monoisotopic (exact) mass is 482 g/mol. The van der Waals surface area contributed by atoms with Crippen LogP contribution < -0.4 is 37.2 Å². The van der Waals surface area contributed by atoms with Crippen LogP contribution in [-0.2, 0) is 25.9 Å². The molecule has 0 spiro atoms. The molecule has 0 saturated heterocycles. The summed E-state index contributed by atoms with van der Waals surface area (Å²) in [5.74, 6) is 0. The minimum absolute atomic E-state index is 0. The van der Waals surface area contributed by atoms with Crippen molar-refractivity contribution in [2.24, 2.45) is 5.41 Å². The molecule has 1 aliphatic carbocycles. The average molecular weight is 484 g/mol. The van der Waals surface area contributed by atoms with E-state index in [4.69, 9.17) is 0 Å². The van der Waals surface area contributed by atoms with Crippen LogP contribution in [0.25, 0.3) is 0 Å². The third-order valence-corrected chi connectivity index (χ3v) is 8.07. The quantitative estimate of drug-likeness (QED) is 0.445. The summed E-state index contributed by atoms with van der Waals surface area (Å²) in [5.41, 5.74) is 6.99. The van der Waals surface area contributed by atoms with Crippen molar-refractivity contribution in [1.82, 2.24) is 0 Å². The predicted molar refractivity (Wildman–Crippen MR) is 108 cm³/mol. The van der Waals surface area contributed by atoms with E-state index in [-0.39, 0.29) is 51.8 Å². The van der Waals surface area contributed by atoms with Gasteiger partial charge in [0.05, 0.1) is 0 Å². The van der Waals surface area contributed by atoms with E-state index < -0.39 is 0 Å². The molecule has 29 heavy (non-hydrogen) atoms. The van der Waals surface area contributed by atoms with Gasteiger partial charge in [0.2, 0.25) is 0 Å². The van der Waals surface area contributed by atoms with Crippen LogP contribution in [0, 0.1) is 5.41 Å². The molecule has 0 N–H and O–H groups in total. The van der Waals surface area contributed by atoms with Gasteiger partial charge in [-0.25, -0.2) is 0 Å². The van der Waals surface area contributed by atoms with Crippen LogP contribution in [0.3, 0.4) is 0 Å². The summed E-state index contributed by atoms with van der Waals surface area (Å²) in [5, 5.41) is 0.